The smallest absolute Gasteiger partial charge is 0.274 e. The monoisotopic (exact) mass is 368 g/mol. The number of ether oxygens (including phenoxy) is 2. The summed E-state index contributed by atoms with van der Waals surface area (Å²) in [6, 6.07) is 13.5. The van der Waals surface area contributed by atoms with Gasteiger partial charge in [0.1, 0.15) is 0 Å². The quantitative estimate of drug-likeness (QED) is 0.823. The predicted octanol–water partition coefficient (Wildman–Crippen LogP) is 2.09. The average Bonchev–Trinajstić information content (AvgIpc) is 3.17. The molecule has 0 bridgehead atoms. The van der Waals surface area contributed by atoms with Crippen molar-refractivity contribution in [1.82, 2.24) is 15.1 Å². The van der Waals surface area contributed by atoms with Crippen LogP contribution in [0.3, 0.4) is 0 Å². The molecule has 0 aliphatic carbocycles. The van der Waals surface area contributed by atoms with Crippen molar-refractivity contribution in [3.63, 3.8) is 0 Å². The molecule has 0 radical (unpaired) electrons. The number of rotatable bonds is 4. The van der Waals surface area contributed by atoms with Gasteiger partial charge in [0.15, 0.2) is 17.3 Å². The van der Waals surface area contributed by atoms with Gasteiger partial charge in [0.25, 0.3) is 5.91 Å². The Morgan fingerprint density at radius 3 is 2.41 bits per heavy atom. The molecule has 0 saturated carbocycles. The Balaban J connectivity index is 1.36. The number of nitrogens with zero attached hydrogens (tertiary/aromatic N) is 4. The van der Waals surface area contributed by atoms with Gasteiger partial charge in [0.05, 0.1) is 13.2 Å². The van der Waals surface area contributed by atoms with E-state index >= 15 is 0 Å². The molecule has 1 aromatic heterocycles. The maximum atomic E-state index is 12.6. The van der Waals surface area contributed by atoms with Gasteiger partial charge in [0, 0.05) is 39.5 Å². The van der Waals surface area contributed by atoms with Gasteiger partial charge in [-0.25, -0.2) is 0 Å². The lowest BCUT2D eigenvalue weighted by molar-refractivity contribution is -0.169. The SMILES string of the molecule is CN(Cc1ccccc1)C(=O)c1ccc(N2CCC3(CC2)OCCO3)nn1. The summed E-state index contributed by atoms with van der Waals surface area (Å²) in [6.45, 7) is 3.49. The number of carbonyl (C=O) groups is 1. The Kier molecular flexibility index (Phi) is 5.05. The fraction of sp³-hybridized carbons (Fsp3) is 0.450. The Hall–Kier alpha value is -2.51. The third kappa shape index (κ3) is 3.94. The molecule has 0 unspecified atom stereocenters. The van der Waals surface area contributed by atoms with Gasteiger partial charge in [-0.3, -0.25) is 4.79 Å². The van der Waals surface area contributed by atoms with Crippen LogP contribution in [-0.2, 0) is 16.0 Å². The van der Waals surface area contributed by atoms with E-state index < -0.39 is 5.79 Å². The van der Waals surface area contributed by atoms with Crippen LogP contribution in [0.15, 0.2) is 42.5 Å². The highest BCUT2D eigenvalue weighted by atomic mass is 16.7. The Labute approximate surface area is 158 Å². The molecule has 1 aromatic carbocycles. The zero-order valence-corrected chi connectivity index (χ0v) is 15.5. The van der Waals surface area contributed by atoms with Crippen molar-refractivity contribution in [3.8, 4) is 0 Å². The summed E-state index contributed by atoms with van der Waals surface area (Å²) in [5, 5.41) is 8.43. The summed E-state index contributed by atoms with van der Waals surface area (Å²) in [5.41, 5.74) is 1.43. The fourth-order valence-electron chi connectivity index (χ4n) is 3.59. The van der Waals surface area contributed by atoms with Crippen LogP contribution in [0, 0.1) is 0 Å². The number of carbonyl (C=O) groups excluding carboxylic acids is 1. The molecule has 2 aliphatic rings. The molecule has 0 atom stereocenters. The second-order valence-electron chi connectivity index (χ2n) is 7.02. The molecule has 7 nitrogen and oxygen atoms in total. The molecule has 1 amide bonds. The highest BCUT2D eigenvalue weighted by molar-refractivity contribution is 5.92. The zero-order chi connectivity index (χ0) is 18.7. The highest BCUT2D eigenvalue weighted by Crippen LogP contribution is 2.32. The molecule has 0 N–H and O–H groups in total. The van der Waals surface area contributed by atoms with Crippen molar-refractivity contribution in [1.29, 1.82) is 0 Å². The number of aromatic nitrogens is 2. The number of piperidine rings is 1. The van der Waals surface area contributed by atoms with E-state index in [1.54, 1.807) is 18.0 Å². The van der Waals surface area contributed by atoms with Crippen LogP contribution >= 0.6 is 0 Å². The first-order chi connectivity index (χ1) is 13.2. The Morgan fingerprint density at radius 2 is 1.78 bits per heavy atom. The Morgan fingerprint density at radius 1 is 1.07 bits per heavy atom. The summed E-state index contributed by atoms with van der Waals surface area (Å²) >= 11 is 0. The topological polar surface area (TPSA) is 67.8 Å². The standard InChI is InChI=1S/C20H24N4O3/c1-23(15-16-5-3-2-4-6-16)19(25)17-7-8-18(22-21-17)24-11-9-20(10-12-24)26-13-14-27-20/h2-8H,9-15H2,1H3. The molecule has 7 heteroatoms. The molecule has 142 valence electrons. The van der Waals surface area contributed by atoms with E-state index in [1.165, 1.54) is 0 Å². The second-order valence-corrected chi connectivity index (χ2v) is 7.02. The maximum Gasteiger partial charge on any atom is 0.274 e. The molecular weight excluding hydrogens is 344 g/mol. The lowest BCUT2D eigenvalue weighted by Gasteiger charge is -2.37. The molecule has 27 heavy (non-hydrogen) atoms. The summed E-state index contributed by atoms with van der Waals surface area (Å²) in [6.07, 6.45) is 1.63. The minimum atomic E-state index is -0.403. The molecule has 2 aliphatic heterocycles. The number of hydrogen-bond acceptors (Lipinski definition) is 6. The number of anilines is 1. The van der Waals surface area contributed by atoms with Crippen LogP contribution in [0.25, 0.3) is 0 Å². The second kappa shape index (κ2) is 7.62. The number of amides is 1. The first kappa shape index (κ1) is 17.9. The first-order valence-corrected chi connectivity index (χ1v) is 9.31. The highest BCUT2D eigenvalue weighted by Gasteiger charge is 2.40. The largest absolute Gasteiger partial charge is 0.355 e. The third-order valence-corrected chi connectivity index (χ3v) is 5.14. The van der Waals surface area contributed by atoms with Gasteiger partial charge < -0.3 is 19.3 Å². The van der Waals surface area contributed by atoms with Crippen molar-refractivity contribution < 1.29 is 14.3 Å². The lowest BCUT2D eigenvalue weighted by atomic mass is 10.0. The summed E-state index contributed by atoms with van der Waals surface area (Å²) in [4.78, 5) is 16.4. The van der Waals surface area contributed by atoms with Crippen LogP contribution in [-0.4, -0.2) is 60.1 Å². The van der Waals surface area contributed by atoms with Crippen molar-refractivity contribution in [2.45, 2.75) is 25.2 Å². The van der Waals surface area contributed by atoms with E-state index in [4.69, 9.17) is 9.47 Å². The van der Waals surface area contributed by atoms with Crippen molar-refractivity contribution in [2.75, 3.05) is 38.3 Å². The molecule has 2 saturated heterocycles. The van der Waals surface area contributed by atoms with Crippen molar-refractivity contribution in [2.24, 2.45) is 0 Å². The van der Waals surface area contributed by atoms with Gasteiger partial charge in [-0.2, -0.15) is 0 Å². The van der Waals surface area contributed by atoms with Gasteiger partial charge in [0.2, 0.25) is 0 Å². The van der Waals surface area contributed by atoms with E-state index in [0.29, 0.717) is 25.5 Å². The van der Waals surface area contributed by atoms with Crippen LogP contribution in [0.1, 0.15) is 28.9 Å². The minimum absolute atomic E-state index is 0.136. The van der Waals surface area contributed by atoms with E-state index in [2.05, 4.69) is 15.1 Å². The molecule has 2 fully saturated rings. The molecular formula is C20H24N4O3. The van der Waals surface area contributed by atoms with Gasteiger partial charge in [-0.05, 0) is 17.7 Å². The van der Waals surface area contributed by atoms with Gasteiger partial charge >= 0.3 is 0 Å². The average molecular weight is 368 g/mol. The van der Waals surface area contributed by atoms with Crippen molar-refractivity contribution in [3.05, 3.63) is 53.7 Å². The van der Waals surface area contributed by atoms with Crippen LogP contribution in [0.5, 0.6) is 0 Å². The molecule has 2 aromatic rings. The van der Waals surface area contributed by atoms with Crippen LogP contribution in [0.2, 0.25) is 0 Å². The Bertz CT molecular complexity index is 766. The first-order valence-electron chi connectivity index (χ1n) is 9.31. The summed E-state index contributed by atoms with van der Waals surface area (Å²) < 4.78 is 11.5. The van der Waals surface area contributed by atoms with Gasteiger partial charge in [-0.1, -0.05) is 30.3 Å². The minimum Gasteiger partial charge on any atom is -0.355 e. The fourth-order valence-corrected chi connectivity index (χ4v) is 3.59. The molecule has 1 spiro atoms. The van der Waals surface area contributed by atoms with E-state index in [1.807, 2.05) is 36.4 Å². The van der Waals surface area contributed by atoms with E-state index in [0.717, 1.165) is 37.3 Å². The van der Waals surface area contributed by atoms with E-state index in [9.17, 15) is 4.79 Å². The van der Waals surface area contributed by atoms with Crippen LogP contribution < -0.4 is 4.90 Å². The summed E-state index contributed by atoms with van der Waals surface area (Å²) in [7, 11) is 1.77. The maximum absolute atomic E-state index is 12.6. The number of benzene rings is 1. The molecule has 3 heterocycles. The third-order valence-electron chi connectivity index (χ3n) is 5.14. The van der Waals surface area contributed by atoms with Crippen molar-refractivity contribution >= 4 is 11.7 Å². The number of hydrogen-bond donors (Lipinski definition) is 0. The van der Waals surface area contributed by atoms with Crippen LogP contribution in [0.4, 0.5) is 5.82 Å². The molecule has 4 rings (SSSR count). The van der Waals surface area contributed by atoms with Gasteiger partial charge in [-0.15, -0.1) is 10.2 Å². The van der Waals surface area contributed by atoms with E-state index in [-0.39, 0.29) is 5.91 Å². The zero-order valence-electron chi connectivity index (χ0n) is 15.5. The predicted molar refractivity (Wildman–Crippen MR) is 100 cm³/mol. The lowest BCUT2D eigenvalue weighted by Crippen LogP contribution is -2.45. The summed E-state index contributed by atoms with van der Waals surface area (Å²) in [5.74, 6) is 0.244. The normalized spacial score (nSPS) is 18.6.